The average Bonchev–Trinajstić information content (AvgIpc) is 2.37. The number of benzene rings is 1. The summed E-state index contributed by atoms with van der Waals surface area (Å²) in [6.07, 6.45) is 0. The van der Waals surface area contributed by atoms with Gasteiger partial charge in [-0.3, -0.25) is 10.1 Å². The first kappa shape index (κ1) is 14.7. The minimum atomic E-state index is -0.567. The fraction of sp³-hybridized carbons (Fsp3) is 0.286. The van der Waals surface area contributed by atoms with Crippen LogP contribution in [0.5, 0.6) is 11.6 Å². The second kappa shape index (κ2) is 5.74. The summed E-state index contributed by atoms with van der Waals surface area (Å²) >= 11 is 0. The summed E-state index contributed by atoms with van der Waals surface area (Å²) in [6.45, 7) is 5.52. The molecule has 1 aromatic carbocycles. The van der Waals surface area contributed by atoms with Crippen LogP contribution in [0.15, 0.2) is 24.3 Å². The first-order chi connectivity index (χ1) is 9.90. The summed E-state index contributed by atoms with van der Waals surface area (Å²) in [7, 11) is 0. The van der Waals surface area contributed by atoms with Gasteiger partial charge in [0.25, 0.3) is 0 Å². The SMILES string of the molecule is Cc1nc(N)nc(Oc2ccccc2C(C)C)c1[N+](=O)[O-]. The number of nitrogen functional groups attached to an aromatic ring is 1. The second-order valence-corrected chi connectivity index (χ2v) is 4.87. The Morgan fingerprint density at radius 1 is 1.29 bits per heavy atom. The Bertz CT molecular complexity index is 686. The molecule has 0 spiro atoms. The van der Waals surface area contributed by atoms with E-state index in [0.29, 0.717) is 5.75 Å². The van der Waals surface area contributed by atoms with Crippen molar-refractivity contribution in [1.29, 1.82) is 0 Å². The largest absolute Gasteiger partial charge is 0.433 e. The van der Waals surface area contributed by atoms with Crippen LogP contribution in [0.4, 0.5) is 11.6 Å². The van der Waals surface area contributed by atoms with Gasteiger partial charge < -0.3 is 10.5 Å². The highest BCUT2D eigenvalue weighted by Crippen LogP contribution is 2.35. The van der Waals surface area contributed by atoms with Crippen molar-refractivity contribution in [3.8, 4) is 11.6 Å². The third kappa shape index (κ3) is 3.07. The Hall–Kier alpha value is -2.70. The van der Waals surface area contributed by atoms with Gasteiger partial charge in [0.05, 0.1) is 4.92 Å². The molecule has 0 unspecified atom stereocenters. The number of hydrogen-bond donors (Lipinski definition) is 1. The van der Waals surface area contributed by atoms with Crippen LogP contribution in [0.1, 0.15) is 31.0 Å². The van der Waals surface area contributed by atoms with Gasteiger partial charge in [0.15, 0.2) is 0 Å². The molecule has 0 aliphatic carbocycles. The summed E-state index contributed by atoms with van der Waals surface area (Å²) in [5, 5.41) is 11.2. The molecule has 0 radical (unpaired) electrons. The van der Waals surface area contributed by atoms with Crippen molar-refractivity contribution < 1.29 is 9.66 Å². The topological polar surface area (TPSA) is 104 Å². The van der Waals surface area contributed by atoms with Gasteiger partial charge in [-0.1, -0.05) is 32.0 Å². The summed E-state index contributed by atoms with van der Waals surface area (Å²) < 4.78 is 5.65. The van der Waals surface area contributed by atoms with Crippen LogP contribution in [0.25, 0.3) is 0 Å². The van der Waals surface area contributed by atoms with Crippen LogP contribution in [0.2, 0.25) is 0 Å². The van der Waals surface area contributed by atoms with Crippen LogP contribution >= 0.6 is 0 Å². The first-order valence-corrected chi connectivity index (χ1v) is 6.45. The molecule has 0 aliphatic rings. The lowest BCUT2D eigenvalue weighted by Gasteiger charge is -2.13. The van der Waals surface area contributed by atoms with Crippen LogP contribution in [0, 0.1) is 17.0 Å². The summed E-state index contributed by atoms with van der Waals surface area (Å²) in [6, 6.07) is 7.33. The lowest BCUT2D eigenvalue weighted by molar-refractivity contribution is -0.386. The second-order valence-electron chi connectivity index (χ2n) is 4.87. The van der Waals surface area contributed by atoms with Crippen LogP contribution < -0.4 is 10.5 Å². The molecule has 1 aromatic heterocycles. The van der Waals surface area contributed by atoms with E-state index >= 15 is 0 Å². The van der Waals surface area contributed by atoms with Gasteiger partial charge >= 0.3 is 11.6 Å². The molecule has 0 bridgehead atoms. The molecule has 0 atom stereocenters. The van der Waals surface area contributed by atoms with Crippen molar-refractivity contribution in [3.05, 3.63) is 45.6 Å². The predicted molar refractivity (Wildman–Crippen MR) is 78.4 cm³/mol. The van der Waals surface area contributed by atoms with Gasteiger partial charge in [-0.15, -0.1) is 0 Å². The quantitative estimate of drug-likeness (QED) is 0.684. The molecule has 7 heteroatoms. The molecule has 1 heterocycles. The fourth-order valence-corrected chi connectivity index (χ4v) is 2.00. The van der Waals surface area contributed by atoms with Crippen molar-refractivity contribution in [2.75, 3.05) is 5.73 Å². The van der Waals surface area contributed by atoms with Gasteiger partial charge in [0, 0.05) is 0 Å². The molecular weight excluding hydrogens is 272 g/mol. The number of rotatable bonds is 4. The van der Waals surface area contributed by atoms with E-state index in [1.54, 1.807) is 12.1 Å². The zero-order valence-corrected chi connectivity index (χ0v) is 12.0. The van der Waals surface area contributed by atoms with E-state index in [4.69, 9.17) is 10.5 Å². The summed E-state index contributed by atoms with van der Waals surface area (Å²) in [5.41, 5.74) is 6.38. The van der Waals surface area contributed by atoms with E-state index < -0.39 is 4.92 Å². The molecular formula is C14H16N4O3. The molecule has 0 saturated carbocycles. The molecule has 7 nitrogen and oxygen atoms in total. The highest BCUT2D eigenvalue weighted by atomic mass is 16.6. The van der Waals surface area contributed by atoms with E-state index in [9.17, 15) is 10.1 Å². The van der Waals surface area contributed by atoms with Gasteiger partial charge in [-0.25, -0.2) is 4.98 Å². The Kier molecular flexibility index (Phi) is 4.02. The maximum Gasteiger partial charge on any atom is 0.352 e. The smallest absolute Gasteiger partial charge is 0.352 e. The van der Waals surface area contributed by atoms with Gasteiger partial charge in [0.2, 0.25) is 5.95 Å². The lowest BCUT2D eigenvalue weighted by Crippen LogP contribution is -2.05. The standard InChI is InChI=1S/C14H16N4O3/c1-8(2)10-6-4-5-7-11(10)21-13-12(18(19)20)9(3)16-14(15)17-13/h4-8H,1-3H3,(H2,15,16,17). The fourth-order valence-electron chi connectivity index (χ4n) is 2.00. The zero-order chi connectivity index (χ0) is 15.6. The van der Waals surface area contributed by atoms with Crippen molar-refractivity contribution in [2.45, 2.75) is 26.7 Å². The van der Waals surface area contributed by atoms with E-state index in [2.05, 4.69) is 9.97 Å². The molecule has 21 heavy (non-hydrogen) atoms. The number of anilines is 1. The monoisotopic (exact) mass is 288 g/mol. The van der Waals surface area contributed by atoms with E-state index in [1.807, 2.05) is 26.0 Å². The molecule has 0 saturated heterocycles. The Balaban J connectivity index is 2.52. The van der Waals surface area contributed by atoms with Crippen molar-refractivity contribution in [1.82, 2.24) is 9.97 Å². The third-order valence-corrected chi connectivity index (χ3v) is 2.97. The van der Waals surface area contributed by atoms with Crippen molar-refractivity contribution >= 4 is 11.6 Å². The zero-order valence-electron chi connectivity index (χ0n) is 12.0. The normalized spacial score (nSPS) is 10.7. The number of para-hydroxylation sites is 1. The van der Waals surface area contributed by atoms with Crippen LogP contribution in [0.3, 0.4) is 0 Å². The molecule has 2 N–H and O–H groups in total. The number of nitrogens with two attached hydrogens (primary N) is 1. The maximum absolute atomic E-state index is 11.2. The van der Waals surface area contributed by atoms with Gasteiger partial charge in [-0.2, -0.15) is 4.98 Å². The van der Waals surface area contributed by atoms with Crippen LogP contribution in [-0.4, -0.2) is 14.9 Å². The Labute approximate surface area is 121 Å². The number of aryl methyl sites for hydroxylation is 1. The summed E-state index contributed by atoms with van der Waals surface area (Å²) in [4.78, 5) is 18.3. The number of aromatic nitrogens is 2. The van der Waals surface area contributed by atoms with Crippen molar-refractivity contribution in [2.24, 2.45) is 0 Å². The van der Waals surface area contributed by atoms with E-state index in [0.717, 1.165) is 5.56 Å². The average molecular weight is 288 g/mol. The molecule has 2 aromatic rings. The molecule has 0 amide bonds. The number of hydrogen-bond acceptors (Lipinski definition) is 6. The van der Waals surface area contributed by atoms with Gasteiger partial charge in [-0.05, 0) is 24.5 Å². The molecule has 110 valence electrons. The number of nitro groups is 1. The van der Waals surface area contributed by atoms with Crippen molar-refractivity contribution in [3.63, 3.8) is 0 Å². The highest BCUT2D eigenvalue weighted by Gasteiger charge is 2.24. The maximum atomic E-state index is 11.2. The molecule has 0 aliphatic heterocycles. The Morgan fingerprint density at radius 3 is 2.57 bits per heavy atom. The summed E-state index contributed by atoms with van der Waals surface area (Å²) in [5.74, 6) is 0.530. The highest BCUT2D eigenvalue weighted by molar-refractivity contribution is 5.50. The minimum Gasteiger partial charge on any atom is -0.433 e. The molecule has 2 rings (SSSR count). The Morgan fingerprint density at radius 2 is 1.95 bits per heavy atom. The number of nitrogens with zero attached hydrogens (tertiary/aromatic N) is 3. The lowest BCUT2D eigenvalue weighted by atomic mass is 10.0. The van der Waals surface area contributed by atoms with Crippen LogP contribution in [-0.2, 0) is 0 Å². The molecule has 0 fully saturated rings. The minimum absolute atomic E-state index is 0.0601. The predicted octanol–water partition coefficient (Wildman–Crippen LogP) is 3.19. The van der Waals surface area contributed by atoms with E-state index in [-0.39, 0.29) is 29.1 Å². The van der Waals surface area contributed by atoms with Gasteiger partial charge in [0.1, 0.15) is 11.4 Å². The van der Waals surface area contributed by atoms with E-state index in [1.165, 1.54) is 6.92 Å². The first-order valence-electron chi connectivity index (χ1n) is 6.45. The third-order valence-electron chi connectivity index (χ3n) is 2.97. The number of ether oxygens (including phenoxy) is 1.